The molecule has 1 aliphatic rings. The van der Waals surface area contributed by atoms with E-state index in [0.717, 1.165) is 5.69 Å². The Labute approximate surface area is 82.3 Å². The topological polar surface area (TPSA) is 52.1 Å². The fourth-order valence-corrected chi connectivity index (χ4v) is 1.53. The molecule has 74 valence electrons. The van der Waals surface area contributed by atoms with Crippen LogP contribution in [0.2, 0.25) is 0 Å². The third kappa shape index (κ3) is 1.96. The van der Waals surface area contributed by atoms with Crippen LogP contribution in [0.4, 0.5) is 0 Å². The number of carbonyl (C=O) groups is 1. The molecule has 1 aromatic heterocycles. The van der Waals surface area contributed by atoms with Gasteiger partial charge in [-0.3, -0.25) is 4.79 Å². The first-order chi connectivity index (χ1) is 6.75. The summed E-state index contributed by atoms with van der Waals surface area (Å²) < 4.78 is 5.48. The van der Waals surface area contributed by atoms with Crippen LogP contribution in [0.3, 0.4) is 0 Å². The van der Waals surface area contributed by atoms with Gasteiger partial charge in [0.2, 0.25) is 0 Å². The van der Waals surface area contributed by atoms with E-state index in [0.29, 0.717) is 25.3 Å². The molecule has 0 aliphatic carbocycles. The van der Waals surface area contributed by atoms with Crippen LogP contribution in [0.15, 0.2) is 12.3 Å². The summed E-state index contributed by atoms with van der Waals surface area (Å²) in [5.41, 5.74) is 0.811. The van der Waals surface area contributed by atoms with Crippen molar-refractivity contribution >= 4 is 5.78 Å². The van der Waals surface area contributed by atoms with Crippen LogP contribution < -0.4 is 0 Å². The second-order valence-electron chi connectivity index (χ2n) is 3.38. The molecular weight excluding hydrogens is 180 g/mol. The first-order valence-corrected chi connectivity index (χ1v) is 4.68. The molecule has 1 fully saturated rings. The molecule has 4 heteroatoms. The van der Waals surface area contributed by atoms with E-state index >= 15 is 0 Å². The van der Waals surface area contributed by atoms with E-state index in [1.54, 1.807) is 12.3 Å². The molecule has 0 bridgehead atoms. The fraction of sp³-hybridized carbons (Fsp3) is 0.500. The fourth-order valence-electron chi connectivity index (χ4n) is 1.53. The van der Waals surface area contributed by atoms with Gasteiger partial charge in [0.25, 0.3) is 0 Å². The number of nitrogens with zero attached hydrogens (tertiary/aromatic N) is 2. The van der Waals surface area contributed by atoms with Crippen LogP contribution in [-0.4, -0.2) is 22.4 Å². The summed E-state index contributed by atoms with van der Waals surface area (Å²) in [6.07, 6.45) is 2.50. The highest BCUT2D eigenvalue weighted by atomic mass is 16.5. The molecule has 2 heterocycles. The van der Waals surface area contributed by atoms with Crippen molar-refractivity contribution in [1.29, 1.82) is 0 Å². The average Bonchev–Trinajstić information content (AvgIpc) is 2.18. The third-order valence-corrected chi connectivity index (χ3v) is 2.24. The van der Waals surface area contributed by atoms with Crippen molar-refractivity contribution in [2.45, 2.75) is 25.9 Å². The van der Waals surface area contributed by atoms with E-state index in [-0.39, 0.29) is 11.9 Å². The number of aromatic nitrogens is 2. The van der Waals surface area contributed by atoms with Gasteiger partial charge in [0.1, 0.15) is 17.7 Å². The van der Waals surface area contributed by atoms with E-state index in [1.807, 2.05) is 6.92 Å². The quantitative estimate of drug-likeness (QED) is 0.671. The predicted molar refractivity (Wildman–Crippen MR) is 49.7 cm³/mol. The maximum atomic E-state index is 11.2. The van der Waals surface area contributed by atoms with Crippen molar-refractivity contribution in [2.24, 2.45) is 0 Å². The van der Waals surface area contributed by atoms with E-state index in [1.165, 1.54) is 0 Å². The average molecular weight is 192 g/mol. The van der Waals surface area contributed by atoms with Crippen molar-refractivity contribution in [1.82, 2.24) is 9.97 Å². The molecule has 14 heavy (non-hydrogen) atoms. The number of hydrogen-bond acceptors (Lipinski definition) is 4. The zero-order valence-electron chi connectivity index (χ0n) is 8.06. The number of aryl methyl sites for hydroxylation is 1. The van der Waals surface area contributed by atoms with Crippen molar-refractivity contribution in [3.8, 4) is 0 Å². The van der Waals surface area contributed by atoms with Crippen molar-refractivity contribution in [2.75, 3.05) is 6.61 Å². The van der Waals surface area contributed by atoms with Gasteiger partial charge in [0.15, 0.2) is 0 Å². The normalized spacial score (nSPS) is 22.4. The summed E-state index contributed by atoms with van der Waals surface area (Å²) in [4.78, 5) is 19.5. The molecule has 0 N–H and O–H groups in total. The molecule has 0 spiro atoms. The van der Waals surface area contributed by atoms with Crippen LogP contribution in [0, 0.1) is 6.92 Å². The summed E-state index contributed by atoms with van der Waals surface area (Å²) in [7, 11) is 0. The van der Waals surface area contributed by atoms with Gasteiger partial charge in [0.05, 0.1) is 12.3 Å². The number of hydrogen-bond donors (Lipinski definition) is 0. The van der Waals surface area contributed by atoms with E-state index < -0.39 is 0 Å². The molecule has 4 nitrogen and oxygen atoms in total. The molecular formula is C10H12N2O2. The number of carbonyl (C=O) groups excluding carboxylic acids is 1. The highest BCUT2D eigenvalue weighted by Gasteiger charge is 2.22. The number of ketones is 1. The lowest BCUT2D eigenvalue weighted by Gasteiger charge is -2.21. The van der Waals surface area contributed by atoms with E-state index in [4.69, 9.17) is 4.74 Å². The largest absolute Gasteiger partial charge is 0.371 e. The zero-order chi connectivity index (χ0) is 9.97. The standard InChI is InChI=1S/C10H12N2O2/c1-7-11-4-2-9(12-7)10-6-8(13)3-5-14-10/h2,4,10H,3,5-6H2,1H3. The molecule has 1 atom stereocenters. The molecule has 0 amide bonds. The van der Waals surface area contributed by atoms with E-state index in [2.05, 4.69) is 9.97 Å². The van der Waals surface area contributed by atoms with Gasteiger partial charge in [-0.05, 0) is 13.0 Å². The molecule has 0 radical (unpaired) electrons. The first-order valence-electron chi connectivity index (χ1n) is 4.68. The van der Waals surface area contributed by atoms with Crippen LogP contribution in [0.1, 0.15) is 30.5 Å². The van der Waals surface area contributed by atoms with Crippen LogP contribution in [-0.2, 0) is 9.53 Å². The molecule has 0 aromatic carbocycles. The molecule has 0 saturated carbocycles. The Morgan fingerprint density at radius 1 is 1.57 bits per heavy atom. The Morgan fingerprint density at radius 3 is 3.14 bits per heavy atom. The van der Waals surface area contributed by atoms with Gasteiger partial charge >= 0.3 is 0 Å². The first kappa shape index (κ1) is 9.27. The minimum atomic E-state index is -0.169. The molecule has 2 rings (SSSR count). The summed E-state index contributed by atoms with van der Waals surface area (Å²) >= 11 is 0. The molecule has 1 aromatic rings. The highest BCUT2D eigenvalue weighted by Crippen LogP contribution is 2.23. The van der Waals surface area contributed by atoms with Crippen LogP contribution >= 0.6 is 0 Å². The monoisotopic (exact) mass is 192 g/mol. The minimum Gasteiger partial charge on any atom is -0.371 e. The van der Waals surface area contributed by atoms with Crippen LogP contribution in [0.5, 0.6) is 0 Å². The molecule has 1 aliphatic heterocycles. The van der Waals surface area contributed by atoms with Gasteiger partial charge in [-0.15, -0.1) is 0 Å². The lowest BCUT2D eigenvalue weighted by molar-refractivity contribution is -0.128. The smallest absolute Gasteiger partial charge is 0.138 e. The highest BCUT2D eigenvalue weighted by molar-refractivity contribution is 5.79. The summed E-state index contributed by atoms with van der Waals surface area (Å²) in [6.45, 7) is 2.33. The molecule has 1 unspecified atom stereocenters. The summed E-state index contributed by atoms with van der Waals surface area (Å²) in [6, 6.07) is 1.80. The predicted octanol–water partition coefficient (Wildman–Crippen LogP) is 1.21. The Kier molecular flexibility index (Phi) is 2.54. The summed E-state index contributed by atoms with van der Waals surface area (Å²) in [5.74, 6) is 0.960. The lowest BCUT2D eigenvalue weighted by Crippen LogP contribution is -2.20. The van der Waals surface area contributed by atoms with Gasteiger partial charge in [0, 0.05) is 19.0 Å². The maximum absolute atomic E-state index is 11.2. The Bertz CT molecular complexity index is 352. The SMILES string of the molecule is Cc1nccc(C2CC(=O)CCO2)n1. The second-order valence-corrected chi connectivity index (χ2v) is 3.38. The maximum Gasteiger partial charge on any atom is 0.138 e. The second kappa shape index (κ2) is 3.84. The van der Waals surface area contributed by atoms with Gasteiger partial charge in [-0.25, -0.2) is 9.97 Å². The lowest BCUT2D eigenvalue weighted by atomic mass is 10.1. The van der Waals surface area contributed by atoms with Crippen molar-refractivity contribution in [3.05, 3.63) is 23.8 Å². The minimum absolute atomic E-state index is 0.169. The third-order valence-electron chi connectivity index (χ3n) is 2.24. The number of Topliss-reactive ketones (excluding diaryl/α,β-unsaturated/α-hetero) is 1. The Hall–Kier alpha value is -1.29. The van der Waals surface area contributed by atoms with Crippen LogP contribution in [0.25, 0.3) is 0 Å². The number of rotatable bonds is 1. The Morgan fingerprint density at radius 2 is 2.43 bits per heavy atom. The van der Waals surface area contributed by atoms with Crippen molar-refractivity contribution in [3.63, 3.8) is 0 Å². The van der Waals surface area contributed by atoms with Gasteiger partial charge in [-0.2, -0.15) is 0 Å². The Balaban J connectivity index is 2.17. The zero-order valence-corrected chi connectivity index (χ0v) is 8.06. The summed E-state index contributed by atoms with van der Waals surface area (Å²) in [5, 5.41) is 0. The molecule has 1 saturated heterocycles. The van der Waals surface area contributed by atoms with Gasteiger partial charge in [-0.1, -0.05) is 0 Å². The van der Waals surface area contributed by atoms with E-state index in [9.17, 15) is 4.79 Å². The number of ether oxygens (including phenoxy) is 1. The van der Waals surface area contributed by atoms with Gasteiger partial charge < -0.3 is 4.74 Å². The van der Waals surface area contributed by atoms with Crippen molar-refractivity contribution < 1.29 is 9.53 Å².